The maximum atomic E-state index is 9.33. The molecule has 4 aliphatic heterocycles. The minimum atomic E-state index is 0.124. The molecular formula is C92H115N11O2. The number of nitrogens with one attached hydrogen (secondary N) is 1. The first-order valence-electron chi connectivity index (χ1n) is 38.4. The molecule has 0 radical (unpaired) electrons. The maximum Gasteiger partial charge on any atom is 0.219 e. The van der Waals surface area contributed by atoms with Crippen LogP contribution in [0.1, 0.15) is 169 Å². The van der Waals surface area contributed by atoms with Gasteiger partial charge in [0, 0.05) is 75.5 Å². The van der Waals surface area contributed by atoms with Crippen molar-refractivity contribution in [2.45, 2.75) is 172 Å². The summed E-state index contributed by atoms with van der Waals surface area (Å²) < 4.78 is 11.6. The topological polar surface area (TPSA) is 164 Å². The first-order valence-corrected chi connectivity index (χ1v) is 38.4. The third-order valence-corrected chi connectivity index (χ3v) is 23.9. The second-order valence-electron chi connectivity index (χ2n) is 32.6. The highest BCUT2D eigenvalue weighted by atomic mass is 16.5. The SMILES string of the molecule is CC(C)(C)C1(CC#N)CCN(Cc2ccc(Oc3ccccc3)cn2)CC1.CC(C)(C)C1(CC#N)CCN(Cc2cccc(Nc3ccccc3)c2)CC1.CC(C)C1(CC#N)CCN(Cc2ccc(-c3ccccc3)cc2)CC1.CC(C)C1(CC#N)CCN(Cc2ccc(Oc3ccccc3)nc2)CC1. The Morgan fingerprint density at radius 3 is 1.23 bits per heavy atom. The molecule has 1 N–H and O–H groups in total. The molecule has 4 aliphatic rings. The number of nitrogens with zero attached hydrogens (tertiary/aromatic N) is 10. The summed E-state index contributed by atoms with van der Waals surface area (Å²) in [6.07, 6.45) is 15.2. The molecule has 12 rings (SSSR count). The van der Waals surface area contributed by atoms with Crippen LogP contribution < -0.4 is 14.8 Å². The molecule has 0 aliphatic carbocycles. The summed E-state index contributed by atoms with van der Waals surface area (Å²) in [4.78, 5) is 19.0. The van der Waals surface area contributed by atoms with Crippen molar-refractivity contribution in [3.8, 4) is 58.5 Å². The zero-order valence-electron chi connectivity index (χ0n) is 64.5. The molecule has 0 bridgehead atoms. The summed E-state index contributed by atoms with van der Waals surface area (Å²) >= 11 is 0. The van der Waals surface area contributed by atoms with Gasteiger partial charge < -0.3 is 14.8 Å². The van der Waals surface area contributed by atoms with E-state index in [4.69, 9.17) is 9.47 Å². The second kappa shape index (κ2) is 38.2. The van der Waals surface area contributed by atoms with Crippen LogP contribution in [0.5, 0.6) is 23.1 Å². The number of ether oxygens (including phenoxy) is 2. The van der Waals surface area contributed by atoms with E-state index in [1.165, 1.54) is 27.8 Å². The van der Waals surface area contributed by atoms with Gasteiger partial charge in [0.05, 0.1) is 36.2 Å². The Labute approximate surface area is 629 Å². The quantitative estimate of drug-likeness (QED) is 0.0723. The summed E-state index contributed by atoms with van der Waals surface area (Å²) in [7, 11) is 0. The van der Waals surface area contributed by atoms with Crippen molar-refractivity contribution in [1.29, 1.82) is 21.0 Å². The lowest BCUT2D eigenvalue weighted by atomic mass is 9.60. The molecular weight excluding hydrogens is 1290 g/mol. The smallest absolute Gasteiger partial charge is 0.219 e. The third-order valence-electron chi connectivity index (χ3n) is 23.9. The molecule has 4 fully saturated rings. The van der Waals surface area contributed by atoms with E-state index in [0.29, 0.717) is 43.4 Å². The molecule has 0 unspecified atom stereocenters. The van der Waals surface area contributed by atoms with E-state index < -0.39 is 0 Å². The third kappa shape index (κ3) is 22.9. The molecule has 0 amide bonds. The Balaban J connectivity index is 0.000000162. The van der Waals surface area contributed by atoms with Gasteiger partial charge >= 0.3 is 0 Å². The molecule has 13 heteroatoms. The molecule has 6 heterocycles. The largest absolute Gasteiger partial charge is 0.456 e. The van der Waals surface area contributed by atoms with Gasteiger partial charge in [0.2, 0.25) is 5.88 Å². The van der Waals surface area contributed by atoms with Gasteiger partial charge in [-0.1, -0.05) is 197 Å². The number of nitriles is 4. The van der Waals surface area contributed by atoms with E-state index in [0.717, 1.165) is 164 Å². The van der Waals surface area contributed by atoms with Crippen molar-refractivity contribution in [1.82, 2.24) is 29.6 Å². The van der Waals surface area contributed by atoms with Gasteiger partial charge in [-0.15, -0.1) is 0 Å². The zero-order chi connectivity index (χ0) is 74.8. The van der Waals surface area contributed by atoms with E-state index in [2.05, 4.69) is 225 Å². The Kier molecular flexibility index (Phi) is 29.1. The minimum Gasteiger partial charge on any atom is -0.456 e. The van der Waals surface area contributed by atoms with Crippen molar-refractivity contribution < 1.29 is 9.47 Å². The highest BCUT2D eigenvalue weighted by Crippen LogP contribution is 2.51. The lowest BCUT2D eigenvalue weighted by Gasteiger charge is -2.49. The highest BCUT2D eigenvalue weighted by molar-refractivity contribution is 5.63. The van der Waals surface area contributed by atoms with E-state index in [-0.39, 0.29) is 32.5 Å². The summed E-state index contributed by atoms with van der Waals surface area (Å²) in [6, 6.07) is 75.7. The number of piperidine rings is 4. The predicted octanol–water partition coefficient (Wildman–Crippen LogP) is 21.9. The van der Waals surface area contributed by atoms with Gasteiger partial charge in [-0.3, -0.25) is 24.6 Å². The number of hydrogen-bond donors (Lipinski definition) is 1. The van der Waals surface area contributed by atoms with E-state index >= 15 is 0 Å². The van der Waals surface area contributed by atoms with Crippen molar-refractivity contribution in [3.05, 3.63) is 229 Å². The van der Waals surface area contributed by atoms with Crippen LogP contribution >= 0.6 is 0 Å². The number of anilines is 2. The molecule has 0 spiro atoms. The fourth-order valence-corrected chi connectivity index (χ4v) is 15.7. The fraction of sp³-hybridized carbons (Fsp3) is 0.457. The molecule has 550 valence electrons. The normalized spacial score (nSPS) is 17.2. The Bertz CT molecular complexity index is 4040. The molecule has 6 aromatic carbocycles. The summed E-state index contributed by atoms with van der Waals surface area (Å²) in [5.41, 5.74) is 10.8. The van der Waals surface area contributed by atoms with Gasteiger partial charge in [0.1, 0.15) is 17.2 Å². The molecule has 0 saturated carbocycles. The first-order chi connectivity index (χ1) is 50.6. The van der Waals surface area contributed by atoms with Crippen LogP contribution in [-0.2, 0) is 26.2 Å². The number of benzene rings is 6. The number of hydrogen-bond acceptors (Lipinski definition) is 13. The second-order valence-corrected chi connectivity index (χ2v) is 32.6. The number of likely N-dealkylation sites (tertiary alicyclic amines) is 4. The van der Waals surface area contributed by atoms with Gasteiger partial charge in [-0.25, -0.2) is 4.98 Å². The van der Waals surface area contributed by atoms with Gasteiger partial charge in [0.15, 0.2) is 0 Å². The lowest BCUT2D eigenvalue weighted by Crippen LogP contribution is -2.46. The maximum absolute atomic E-state index is 9.33. The Morgan fingerprint density at radius 2 is 0.790 bits per heavy atom. The van der Waals surface area contributed by atoms with Crippen LogP contribution in [0.2, 0.25) is 0 Å². The Hall–Kier alpha value is -9.18. The van der Waals surface area contributed by atoms with E-state index in [1.807, 2.05) is 103 Å². The Morgan fingerprint density at radius 1 is 0.381 bits per heavy atom. The average molecular weight is 1410 g/mol. The van der Waals surface area contributed by atoms with Crippen LogP contribution in [0, 0.1) is 89.7 Å². The average Bonchev–Trinajstić information content (AvgIpc) is 0.883. The predicted molar refractivity (Wildman–Crippen MR) is 427 cm³/mol. The number of pyridine rings is 2. The van der Waals surface area contributed by atoms with Crippen LogP contribution in [0.4, 0.5) is 11.4 Å². The number of aromatic nitrogens is 2. The first kappa shape index (κ1) is 79.9. The molecule has 2 aromatic heterocycles. The van der Waals surface area contributed by atoms with Crippen LogP contribution in [0.3, 0.4) is 0 Å². The summed E-state index contributed by atoms with van der Waals surface area (Å²) in [5, 5.41) is 40.5. The number of rotatable bonds is 21. The van der Waals surface area contributed by atoms with Crippen LogP contribution in [0.15, 0.2) is 207 Å². The molecule has 13 nitrogen and oxygen atoms in total. The molecule has 4 saturated heterocycles. The van der Waals surface area contributed by atoms with Crippen molar-refractivity contribution in [3.63, 3.8) is 0 Å². The summed E-state index contributed by atoms with van der Waals surface area (Å²) in [6.45, 7) is 34.9. The summed E-state index contributed by atoms with van der Waals surface area (Å²) in [5.74, 6) is 4.13. The standard InChI is InChI=1S/C24H31N3.C23H29N3O.C23H28N2.C22H27N3O/c1-23(2,3)24(12-15-25)13-16-27(17-14-24)19-20-8-7-11-22(18-20)26-21-9-5-4-6-10-21;1-22(2,3)23(11-14-24)12-15-26(16-13-23)18-19-9-10-21(17-25-19)27-20-7-5-4-6-8-20;1-19(2)23(12-15-24)13-16-25(17-14-23)18-20-8-10-22(11-9-20)21-6-4-3-5-7-21;1-18(2)22(10-13-23)11-14-25(15-12-22)17-19-8-9-21(24-16-19)26-20-6-4-3-5-7-20/h4-11,18,26H,12-14,16-17,19H2,1-3H3;4-10,17H,11-13,15-16,18H2,1-3H3;3-11,19H,12-14,16-18H2,1-2H3;3-9,16,18H,10-12,14-15,17H2,1-2H3. The fourth-order valence-electron chi connectivity index (χ4n) is 15.7. The number of para-hydroxylation sites is 3. The van der Waals surface area contributed by atoms with Crippen LogP contribution in [0.25, 0.3) is 11.1 Å². The van der Waals surface area contributed by atoms with Gasteiger partial charge in [-0.2, -0.15) is 21.0 Å². The van der Waals surface area contributed by atoms with Gasteiger partial charge in [-0.05, 0) is 237 Å². The van der Waals surface area contributed by atoms with E-state index in [1.54, 1.807) is 6.20 Å². The monoisotopic (exact) mass is 1410 g/mol. The lowest BCUT2D eigenvalue weighted by molar-refractivity contribution is 0.00677. The molecule has 8 aromatic rings. The van der Waals surface area contributed by atoms with Gasteiger partial charge in [0.25, 0.3) is 0 Å². The van der Waals surface area contributed by atoms with Crippen molar-refractivity contribution in [2.75, 3.05) is 57.7 Å². The van der Waals surface area contributed by atoms with E-state index in [9.17, 15) is 21.0 Å². The van der Waals surface area contributed by atoms with Crippen LogP contribution in [-0.4, -0.2) is 81.9 Å². The van der Waals surface area contributed by atoms with Crippen molar-refractivity contribution in [2.24, 2.45) is 44.3 Å². The zero-order valence-corrected chi connectivity index (χ0v) is 64.5. The highest BCUT2D eigenvalue weighted by Gasteiger charge is 2.45. The minimum absolute atomic E-state index is 0.124. The van der Waals surface area contributed by atoms with Crippen molar-refractivity contribution >= 4 is 11.4 Å². The molecule has 105 heavy (non-hydrogen) atoms. The molecule has 0 atom stereocenters.